The molecule has 0 bridgehead atoms. The first-order valence-corrected chi connectivity index (χ1v) is 11.4. The van der Waals surface area contributed by atoms with Gasteiger partial charge in [0.15, 0.2) is 10.7 Å². The van der Waals surface area contributed by atoms with E-state index in [2.05, 4.69) is 0 Å². The van der Waals surface area contributed by atoms with E-state index in [9.17, 15) is 23.3 Å². The molecular weight excluding hydrogens is 404 g/mol. The Hall–Kier alpha value is -3.00. The second kappa shape index (κ2) is 8.02. The Morgan fingerprint density at radius 2 is 1.60 bits per heavy atom. The van der Waals surface area contributed by atoms with Crippen molar-refractivity contribution in [3.05, 3.63) is 81.5 Å². The second-order valence-electron chi connectivity index (χ2n) is 7.57. The molecule has 1 atom stereocenters. The molecule has 0 radical (unpaired) electrons. The lowest BCUT2D eigenvalue weighted by molar-refractivity contribution is -0.387. The summed E-state index contributed by atoms with van der Waals surface area (Å²) in [6.45, 7) is 0. The van der Waals surface area contributed by atoms with Crippen LogP contribution >= 0.6 is 0 Å². The molecule has 0 saturated carbocycles. The monoisotopic (exact) mass is 426 g/mol. The molecule has 2 aromatic carbocycles. The Labute approximate surface area is 175 Å². The molecule has 8 heteroatoms. The van der Waals surface area contributed by atoms with Gasteiger partial charge in [-0.25, -0.2) is 8.42 Å². The number of allylic oxidation sites excluding steroid dienone is 2. The number of carbonyl (C=O) groups excluding carboxylic acids is 1. The van der Waals surface area contributed by atoms with Gasteiger partial charge in [-0.05, 0) is 37.3 Å². The summed E-state index contributed by atoms with van der Waals surface area (Å²) in [7, 11) is -4.26. The van der Waals surface area contributed by atoms with Gasteiger partial charge >= 0.3 is 0 Å². The van der Waals surface area contributed by atoms with Crippen molar-refractivity contribution in [2.45, 2.75) is 49.5 Å². The third-order valence-corrected chi connectivity index (χ3v) is 7.63. The van der Waals surface area contributed by atoms with E-state index >= 15 is 0 Å². The van der Waals surface area contributed by atoms with Crippen LogP contribution in [0.1, 0.15) is 50.1 Å². The van der Waals surface area contributed by atoms with Gasteiger partial charge in [0.25, 0.3) is 15.7 Å². The van der Waals surface area contributed by atoms with Gasteiger partial charge in [-0.3, -0.25) is 19.2 Å². The number of nitro groups is 1. The smallest absolute Gasteiger partial charge is 0.289 e. The Bertz CT molecular complexity index is 1130. The third kappa shape index (κ3) is 3.52. The van der Waals surface area contributed by atoms with Crippen LogP contribution < -0.4 is 0 Å². The Morgan fingerprint density at radius 3 is 2.33 bits per heavy atom. The summed E-state index contributed by atoms with van der Waals surface area (Å²) < 4.78 is 29.0. The van der Waals surface area contributed by atoms with Crippen molar-refractivity contribution in [1.82, 2.24) is 4.31 Å². The van der Waals surface area contributed by atoms with Crippen LogP contribution in [0.4, 0.5) is 5.69 Å². The van der Waals surface area contributed by atoms with Gasteiger partial charge in [0.1, 0.15) is 0 Å². The standard InChI is InChI=1S/C22H22N2O5S/c25-21-15-20(16-9-3-1-4-10-16)23(18-12-6-2-5-11-17(18)21)30(28,29)22-14-8-7-13-19(22)24(26)27/h1,3-4,7-10,13-14,20H,2,5-6,11-12,15H2. The minimum absolute atomic E-state index is 0.0305. The molecule has 0 saturated heterocycles. The maximum Gasteiger partial charge on any atom is 0.289 e. The molecule has 2 aromatic rings. The molecule has 1 unspecified atom stereocenters. The van der Waals surface area contributed by atoms with Crippen molar-refractivity contribution in [3.63, 3.8) is 0 Å². The van der Waals surface area contributed by atoms with Crippen LogP contribution in [0.15, 0.2) is 70.8 Å². The van der Waals surface area contributed by atoms with Crippen LogP contribution in [-0.4, -0.2) is 23.4 Å². The molecule has 0 amide bonds. The fourth-order valence-electron chi connectivity index (χ4n) is 4.35. The minimum Gasteiger partial charge on any atom is -0.294 e. The highest BCUT2D eigenvalue weighted by atomic mass is 32.2. The molecule has 7 nitrogen and oxygen atoms in total. The molecule has 1 aliphatic heterocycles. The lowest BCUT2D eigenvalue weighted by atomic mass is 9.90. The van der Waals surface area contributed by atoms with E-state index in [1.807, 2.05) is 6.07 Å². The third-order valence-electron chi connectivity index (χ3n) is 5.74. The first-order chi connectivity index (χ1) is 14.4. The van der Waals surface area contributed by atoms with Gasteiger partial charge in [-0.2, -0.15) is 0 Å². The Balaban J connectivity index is 1.95. The average Bonchev–Trinajstić information content (AvgIpc) is 3.00. The van der Waals surface area contributed by atoms with Crippen LogP contribution in [0.5, 0.6) is 0 Å². The second-order valence-corrected chi connectivity index (χ2v) is 9.35. The predicted octanol–water partition coefficient (Wildman–Crippen LogP) is 4.52. The summed E-state index contributed by atoms with van der Waals surface area (Å²) in [6.07, 6.45) is 3.55. The van der Waals surface area contributed by atoms with E-state index in [0.29, 0.717) is 29.7 Å². The molecular formula is C22H22N2O5S. The molecule has 0 spiro atoms. The summed E-state index contributed by atoms with van der Waals surface area (Å²) in [6, 6.07) is 13.7. The zero-order valence-corrected chi connectivity index (χ0v) is 17.2. The van der Waals surface area contributed by atoms with Gasteiger partial charge in [-0.15, -0.1) is 0 Å². The number of benzene rings is 2. The maximum absolute atomic E-state index is 13.8. The molecule has 1 aliphatic carbocycles. The summed E-state index contributed by atoms with van der Waals surface area (Å²) >= 11 is 0. The summed E-state index contributed by atoms with van der Waals surface area (Å²) in [5.41, 5.74) is 1.29. The zero-order valence-electron chi connectivity index (χ0n) is 16.4. The number of ketones is 1. The average molecular weight is 426 g/mol. The number of para-hydroxylation sites is 1. The molecule has 0 N–H and O–H groups in total. The quantitative estimate of drug-likeness (QED) is 0.529. The maximum atomic E-state index is 13.8. The number of sulfonamides is 1. The highest BCUT2D eigenvalue weighted by molar-refractivity contribution is 7.89. The number of rotatable bonds is 4. The predicted molar refractivity (Wildman–Crippen MR) is 111 cm³/mol. The summed E-state index contributed by atoms with van der Waals surface area (Å²) in [4.78, 5) is 23.5. The Kier molecular flexibility index (Phi) is 5.42. The number of Topliss-reactive ketones (excluding diaryl/α,β-unsaturated/α-hetero) is 1. The lowest BCUT2D eigenvalue weighted by Crippen LogP contribution is -2.40. The molecule has 156 valence electrons. The van der Waals surface area contributed by atoms with Crippen molar-refractivity contribution in [1.29, 1.82) is 0 Å². The molecule has 1 heterocycles. The number of hydrogen-bond acceptors (Lipinski definition) is 5. The fourth-order valence-corrected chi connectivity index (χ4v) is 6.24. The first kappa shape index (κ1) is 20.3. The van der Waals surface area contributed by atoms with Gasteiger partial charge in [-0.1, -0.05) is 48.9 Å². The molecule has 2 aliphatic rings. The van der Waals surface area contributed by atoms with Gasteiger partial charge in [0.05, 0.1) is 11.0 Å². The zero-order chi connectivity index (χ0) is 21.3. The highest BCUT2D eigenvalue weighted by Gasteiger charge is 2.43. The van der Waals surface area contributed by atoms with Gasteiger partial charge < -0.3 is 0 Å². The van der Waals surface area contributed by atoms with Gasteiger partial charge in [0, 0.05) is 23.8 Å². The molecule has 30 heavy (non-hydrogen) atoms. The summed E-state index contributed by atoms with van der Waals surface area (Å²) in [5, 5.41) is 11.5. The van der Waals surface area contributed by atoms with Crippen LogP contribution in [-0.2, 0) is 14.8 Å². The van der Waals surface area contributed by atoms with Crippen molar-refractivity contribution in [2.75, 3.05) is 0 Å². The van der Waals surface area contributed by atoms with Crippen molar-refractivity contribution >= 4 is 21.5 Å². The van der Waals surface area contributed by atoms with E-state index in [4.69, 9.17) is 0 Å². The lowest BCUT2D eigenvalue weighted by Gasteiger charge is -2.39. The van der Waals surface area contributed by atoms with Crippen molar-refractivity contribution < 1.29 is 18.1 Å². The fraction of sp³-hybridized carbons (Fsp3) is 0.318. The highest BCUT2D eigenvalue weighted by Crippen LogP contribution is 2.44. The van der Waals surface area contributed by atoms with E-state index in [0.717, 1.165) is 19.3 Å². The van der Waals surface area contributed by atoms with E-state index in [-0.39, 0.29) is 17.1 Å². The topological polar surface area (TPSA) is 97.6 Å². The normalized spacial score (nSPS) is 19.9. The van der Waals surface area contributed by atoms with Crippen molar-refractivity contribution in [2.24, 2.45) is 0 Å². The van der Waals surface area contributed by atoms with Crippen LogP contribution in [0.2, 0.25) is 0 Å². The molecule has 4 rings (SSSR count). The van der Waals surface area contributed by atoms with Gasteiger partial charge in [0.2, 0.25) is 0 Å². The van der Waals surface area contributed by atoms with Crippen LogP contribution in [0.25, 0.3) is 0 Å². The van der Waals surface area contributed by atoms with E-state index in [1.54, 1.807) is 24.3 Å². The molecule has 0 aromatic heterocycles. The number of nitro benzene ring substituents is 1. The van der Waals surface area contributed by atoms with E-state index in [1.165, 1.54) is 28.6 Å². The Morgan fingerprint density at radius 1 is 0.933 bits per heavy atom. The number of carbonyl (C=O) groups is 1. The minimum atomic E-state index is -4.26. The summed E-state index contributed by atoms with van der Waals surface area (Å²) in [5.74, 6) is -0.0326. The number of nitrogens with zero attached hydrogens (tertiary/aromatic N) is 2. The number of hydrogen-bond donors (Lipinski definition) is 0. The largest absolute Gasteiger partial charge is 0.294 e. The first-order valence-electron chi connectivity index (χ1n) is 9.99. The molecule has 0 fully saturated rings. The van der Waals surface area contributed by atoms with Crippen LogP contribution in [0, 0.1) is 10.1 Å². The SMILES string of the molecule is O=C1CC(c2ccccc2)N(S(=O)(=O)c2ccccc2[N+](=O)[O-])C2=C1CCCCC2. The van der Waals surface area contributed by atoms with E-state index < -0.39 is 26.7 Å². The van der Waals surface area contributed by atoms with Crippen LogP contribution in [0.3, 0.4) is 0 Å². The van der Waals surface area contributed by atoms with Crippen molar-refractivity contribution in [3.8, 4) is 0 Å².